The van der Waals surface area contributed by atoms with Gasteiger partial charge in [0.05, 0.1) is 0 Å². The van der Waals surface area contributed by atoms with Crippen LogP contribution in [0.15, 0.2) is 51.4 Å². The van der Waals surface area contributed by atoms with Crippen LogP contribution in [0.5, 0.6) is 0 Å². The normalized spacial score (nSPS) is 18.0. The first-order chi connectivity index (χ1) is 10.6. The van der Waals surface area contributed by atoms with E-state index in [4.69, 9.17) is 5.73 Å². The Bertz CT molecular complexity index is 718. The van der Waals surface area contributed by atoms with Gasteiger partial charge in [0, 0.05) is 15.0 Å². The molecule has 0 heterocycles. The zero-order chi connectivity index (χ0) is 15.7. The van der Waals surface area contributed by atoms with Crippen LogP contribution in [0.1, 0.15) is 35.2 Å². The lowest BCUT2D eigenvalue weighted by Crippen LogP contribution is -2.35. The van der Waals surface area contributed by atoms with Gasteiger partial charge in [-0.2, -0.15) is 0 Å². The number of hydrogen-bond acceptors (Lipinski definition) is 2. The van der Waals surface area contributed by atoms with E-state index in [1.165, 1.54) is 11.1 Å². The molecule has 0 radical (unpaired) electrons. The van der Waals surface area contributed by atoms with Crippen LogP contribution in [0, 0.1) is 0 Å². The van der Waals surface area contributed by atoms with Crippen molar-refractivity contribution in [2.75, 3.05) is 0 Å². The van der Waals surface area contributed by atoms with Crippen LogP contribution in [0.2, 0.25) is 0 Å². The summed E-state index contributed by atoms with van der Waals surface area (Å²) in [6.07, 6.45) is 1.97. The van der Waals surface area contributed by atoms with Gasteiger partial charge in [0.15, 0.2) is 0 Å². The molecule has 2 unspecified atom stereocenters. The first-order valence-corrected chi connectivity index (χ1v) is 8.73. The van der Waals surface area contributed by atoms with Gasteiger partial charge in [0.1, 0.15) is 6.04 Å². The first-order valence-electron chi connectivity index (χ1n) is 7.14. The molecule has 22 heavy (non-hydrogen) atoms. The molecule has 2 atom stereocenters. The Hall–Kier alpha value is -1.17. The number of fused-ring (bicyclic) bond motifs is 1. The number of nitrogens with two attached hydrogens (primary N) is 1. The molecule has 3 rings (SSSR count). The van der Waals surface area contributed by atoms with Crippen molar-refractivity contribution in [3.63, 3.8) is 0 Å². The molecule has 2 aromatic rings. The lowest BCUT2D eigenvalue weighted by atomic mass is 10.0. The Labute approximate surface area is 146 Å². The van der Waals surface area contributed by atoms with Crippen molar-refractivity contribution >= 4 is 37.8 Å². The molecule has 1 amide bonds. The van der Waals surface area contributed by atoms with Crippen LogP contribution in [0.25, 0.3) is 0 Å². The summed E-state index contributed by atoms with van der Waals surface area (Å²) in [5.41, 5.74) is 9.06. The van der Waals surface area contributed by atoms with E-state index in [-0.39, 0.29) is 11.9 Å². The number of carbonyl (C=O) groups excluding carboxylic acids is 1. The molecule has 0 spiro atoms. The number of nitrogens with one attached hydrogen (secondary N) is 1. The summed E-state index contributed by atoms with van der Waals surface area (Å²) in [6, 6.07) is 13.5. The summed E-state index contributed by atoms with van der Waals surface area (Å²) in [5, 5.41) is 3.43. The van der Waals surface area contributed by atoms with Gasteiger partial charge in [-0.25, -0.2) is 0 Å². The number of hydrogen-bond donors (Lipinski definition) is 2. The zero-order valence-electron chi connectivity index (χ0n) is 11.9. The van der Waals surface area contributed by atoms with E-state index in [0.717, 1.165) is 27.4 Å². The third-order valence-corrected chi connectivity index (χ3v) is 5.28. The molecule has 0 aliphatic heterocycles. The SMILES string of the molecule is NC(=O)C(NC1CCc2c(Br)cccc21)c1cccc(Br)c1. The van der Waals surface area contributed by atoms with E-state index in [0.29, 0.717) is 0 Å². The minimum atomic E-state index is -0.493. The third-order valence-electron chi connectivity index (χ3n) is 4.05. The Kier molecular flexibility index (Phi) is 4.66. The molecule has 0 aromatic heterocycles. The van der Waals surface area contributed by atoms with Gasteiger partial charge >= 0.3 is 0 Å². The summed E-state index contributed by atoms with van der Waals surface area (Å²) in [4.78, 5) is 11.9. The lowest BCUT2D eigenvalue weighted by molar-refractivity contribution is -0.120. The maximum Gasteiger partial charge on any atom is 0.239 e. The highest BCUT2D eigenvalue weighted by molar-refractivity contribution is 9.10. The van der Waals surface area contributed by atoms with E-state index >= 15 is 0 Å². The highest BCUT2D eigenvalue weighted by atomic mass is 79.9. The van der Waals surface area contributed by atoms with E-state index in [1.807, 2.05) is 30.3 Å². The van der Waals surface area contributed by atoms with Crippen molar-refractivity contribution < 1.29 is 4.79 Å². The number of amides is 1. The van der Waals surface area contributed by atoms with Gasteiger partial charge in [-0.1, -0.05) is 56.1 Å². The first kappa shape index (κ1) is 15.7. The van der Waals surface area contributed by atoms with Crippen LogP contribution < -0.4 is 11.1 Å². The molecular formula is C17H16Br2N2O. The molecule has 2 aromatic carbocycles. The van der Waals surface area contributed by atoms with E-state index < -0.39 is 6.04 Å². The van der Waals surface area contributed by atoms with Crippen molar-refractivity contribution in [3.8, 4) is 0 Å². The molecule has 1 aliphatic carbocycles. The number of primary amides is 1. The highest BCUT2D eigenvalue weighted by Crippen LogP contribution is 2.37. The Morgan fingerprint density at radius 3 is 2.73 bits per heavy atom. The maximum atomic E-state index is 11.9. The average Bonchev–Trinajstić information content (AvgIpc) is 2.89. The second kappa shape index (κ2) is 6.52. The minimum absolute atomic E-state index is 0.143. The number of benzene rings is 2. The smallest absolute Gasteiger partial charge is 0.239 e. The number of halogens is 2. The number of carbonyl (C=O) groups is 1. The standard InChI is InChI=1S/C17H16Br2N2O/c18-11-4-1-3-10(9-11)16(17(20)22)21-15-8-7-12-13(15)5-2-6-14(12)19/h1-6,9,15-16,21H,7-8H2,(H2,20,22). The summed E-state index contributed by atoms with van der Waals surface area (Å²) in [5.74, 6) is -0.360. The second-order valence-electron chi connectivity index (χ2n) is 5.46. The largest absolute Gasteiger partial charge is 0.368 e. The molecule has 3 nitrogen and oxygen atoms in total. The Balaban J connectivity index is 1.88. The van der Waals surface area contributed by atoms with Gasteiger partial charge in [-0.3, -0.25) is 10.1 Å². The predicted molar refractivity (Wildman–Crippen MR) is 94.4 cm³/mol. The summed E-state index contributed by atoms with van der Waals surface area (Å²) in [7, 11) is 0. The summed E-state index contributed by atoms with van der Waals surface area (Å²) in [6.45, 7) is 0. The molecule has 3 N–H and O–H groups in total. The fraction of sp³-hybridized carbons (Fsp3) is 0.235. The molecule has 0 bridgehead atoms. The molecule has 1 aliphatic rings. The third kappa shape index (κ3) is 3.12. The van der Waals surface area contributed by atoms with Crippen molar-refractivity contribution in [1.82, 2.24) is 5.32 Å². The monoisotopic (exact) mass is 422 g/mol. The van der Waals surface area contributed by atoms with Gasteiger partial charge in [-0.05, 0) is 47.7 Å². The molecule has 0 saturated heterocycles. The molecular weight excluding hydrogens is 408 g/mol. The fourth-order valence-electron chi connectivity index (χ4n) is 3.01. The van der Waals surface area contributed by atoms with Crippen LogP contribution >= 0.6 is 31.9 Å². The summed E-state index contributed by atoms with van der Waals surface area (Å²) < 4.78 is 2.07. The van der Waals surface area contributed by atoms with E-state index in [2.05, 4.69) is 49.3 Å². The van der Waals surface area contributed by atoms with Crippen molar-refractivity contribution in [2.24, 2.45) is 5.73 Å². The lowest BCUT2D eigenvalue weighted by Gasteiger charge is -2.22. The second-order valence-corrected chi connectivity index (χ2v) is 7.23. The van der Waals surface area contributed by atoms with Crippen LogP contribution in [0.4, 0.5) is 0 Å². The van der Waals surface area contributed by atoms with Gasteiger partial charge in [0.2, 0.25) is 5.91 Å². The zero-order valence-corrected chi connectivity index (χ0v) is 15.0. The average molecular weight is 424 g/mol. The highest BCUT2D eigenvalue weighted by Gasteiger charge is 2.28. The minimum Gasteiger partial charge on any atom is -0.368 e. The Morgan fingerprint density at radius 2 is 2.00 bits per heavy atom. The molecule has 5 heteroatoms. The predicted octanol–water partition coefficient (Wildman–Crippen LogP) is 4.02. The van der Waals surface area contributed by atoms with Gasteiger partial charge < -0.3 is 5.73 Å². The fourth-order valence-corrected chi connectivity index (χ4v) is 4.01. The topological polar surface area (TPSA) is 55.1 Å². The van der Waals surface area contributed by atoms with Crippen molar-refractivity contribution in [1.29, 1.82) is 0 Å². The number of rotatable bonds is 4. The van der Waals surface area contributed by atoms with Crippen molar-refractivity contribution in [2.45, 2.75) is 24.9 Å². The van der Waals surface area contributed by atoms with Gasteiger partial charge in [0.25, 0.3) is 0 Å². The Morgan fingerprint density at radius 1 is 1.23 bits per heavy atom. The molecule has 114 valence electrons. The van der Waals surface area contributed by atoms with Crippen LogP contribution in [-0.4, -0.2) is 5.91 Å². The van der Waals surface area contributed by atoms with Crippen LogP contribution in [0.3, 0.4) is 0 Å². The van der Waals surface area contributed by atoms with Crippen molar-refractivity contribution in [3.05, 3.63) is 68.1 Å². The van der Waals surface area contributed by atoms with Gasteiger partial charge in [-0.15, -0.1) is 0 Å². The van der Waals surface area contributed by atoms with E-state index in [1.54, 1.807) is 0 Å². The molecule has 0 saturated carbocycles. The molecule has 0 fully saturated rings. The van der Waals surface area contributed by atoms with Crippen LogP contribution in [-0.2, 0) is 11.2 Å². The van der Waals surface area contributed by atoms with E-state index in [9.17, 15) is 4.79 Å². The summed E-state index contributed by atoms with van der Waals surface area (Å²) >= 11 is 7.04. The quantitative estimate of drug-likeness (QED) is 0.780. The maximum absolute atomic E-state index is 11.9.